The van der Waals surface area contributed by atoms with Gasteiger partial charge in [-0.05, 0) is 54.9 Å². The molecule has 0 N–H and O–H groups in total. The second-order valence-electron chi connectivity index (χ2n) is 11.0. The largest absolute Gasteiger partial charge is 0.417 e. The zero-order valence-corrected chi connectivity index (χ0v) is 22.3. The van der Waals surface area contributed by atoms with E-state index < -0.39 is 13.9 Å². The topological polar surface area (TPSA) is 18.5 Å². The van der Waals surface area contributed by atoms with Crippen LogP contribution in [0.25, 0.3) is 0 Å². The predicted molar refractivity (Wildman–Crippen MR) is 143 cm³/mol. The molecule has 1 aliphatic rings. The summed E-state index contributed by atoms with van der Waals surface area (Å²) >= 11 is 0. The number of allylic oxidation sites excluding steroid dienone is 1. The molecule has 1 aliphatic carbocycles. The summed E-state index contributed by atoms with van der Waals surface area (Å²) in [6, 6.07) is 21.3. The Balaban J connectivity index is 1.92. The smallest absolute Gasteiger partial charge is 0.191 e. The highest BCUT2D eigenvalue weighted by Crippen LogP contribution is 2.50. The molecule has 0 fully saturated rings. The Morgan fingerprint density at radius 3 is 2.15 bits per heavy atom. The van der Waals surface area contributed by atoms with Gasteiger partial charge in [0.1, 0.15) is 5.60 Å². The van der Waals surface area contributed by atoms with Gasteiger partial charge in [-0.2, -0.15) is 0 Å². The van der Waals surface area contributed by atoms with Crippen LogP contribution in [0.15, 0.2) is 85.5 Å². The Bertz CT molecular complexity index is 913. The quantitative estimate of drug-likeness (QED) is 0.262. The molecule has 0 amide bonds. The molecular weight excluding hydrogens is 420 g/mol. The predicted octanol–water partition coefficient (Wildman–Crippen LogP) is 8.12. The van der Waals surface area contributed by atoms with Crippen molar-refractivity contribution < 1.29 is 9.16 Å². The van der Waals surface area contributed by atoms with Crippen molar-refractivity contribution in [1.29, 1.82) is 0 Å². The second-order valence-corrected chi connectivity index (χ2v) is 15.8. The molecule has 178 valence electrons. The number of benzene rings is 2. The van der Waals surface area contributed by atoms with Crippen LogP contribution < -0.4 is 0 Å². The SMILES string of the molecule is C=C[C@]1(OCc2ccccc2)C=CCC[C@@]1(CCO[Si](C)(C)C(C)(C)C)Cc1ccccc1. The standard InChI is InChI=1S/C30H42O2Si/c1-7-30(31-25-27-18-12-9-13-19-27)21-15-14-20-29(30,24-26-16-10-8-11-17-26)22-23-32-33(5,6)28(2,3)4/h7-13,15-19,21H,1,14,20,22-25H2,2-6H3/t29-,30+/m1/s1. The van der Waals surface area contributed by atoms with Crippen LogP contribution in [0.2, 0.25) is 18.1 Å². The fraction of sp³-hybridized carbons (Fsp3) is 0.467. The first-order valence-corrected chi connectivity index (χ1v) is 15.2. The zero-order valence-electron chi connectivity index (χ0n) is 21.3. The molecule has 0 radical (unpaired) electrons. The molecule has 33 heavy (non-hydrogen) atoms. The van der Waals surface area contributed by atoms with Crippen LogP contribution in [-0.2, 0) is 22.2 Å². The highest BCUT2D eigenvalue weighted by molar-refractivity contribution is 6.74. The first-order valence-electron chi connectivity index (χ1n) is 12.3. The van der Waals surface area contributed by atoms with Crippen LogP contribution in [0.3, 0.4) is 0 Å². The van der Waals surface area contributed by atoms with Crippen LogP contribution in [0.4, 0.5) is 0 Å². The summed E-state index contributed by atoms with van der Waals surface area (Å²) in [6.45, 7) is 17.2. The Morgan fingerprint density at radius 1 is 0.970 bits per heavy atom. The highest BCUT2D eigenvalue weighted by atomic mass is 28.4. The van der Waals surface area contributed by atoms with Crippen molar-refractivity contribution >= 4 is 8.32 Å². The molecule has 2 aromatic rings. The van der Waals surface area contributed by atoms with Gasteiger partial charge in [0.05, 0.1) is 6.61 Å². The summed E-state index contributed by atoms with van der Waals surface area (Å²) < 4.78 is 13.5. The van der Waals surface area contributed by atoms with Crippen molar-refractivity contribution in [3.8, 4) is 0 Å². The fourth-order valence-corrected chi connectivity index (χ4v) is 5.70. The number of ether oxygens (including phenoxy) is 1. The Morgan fingerprint density at radius 2 is 1.58 bits per heavy atom. The molecule has 0 saturated heterocycles. The molecule has 0 unspecified atom stereocenters. The van der Waals surface area contributed by atoms with Gasteiger partial charge in [0, 0.05) is 12.0 Å². The highest BCUT2D eigenvalue weighted by Gasteiger charge is 2.50. The maximum Gasteiger partial charge on any atom is 0.191 e. The lowest BCUT2D eigenvalue weighted by atomic mass is 9.61. The first-order chi connectivity index (χ1) is 15.6. The van der Waals surface area contributed by atoms with E-state index in [9.17, 15) is 0 Å². The zero-order chi connectivity index (χ0) is 24.0. The van der Waals surface area contributed by atoms with Crippen LogP contribution in [0.5, 0.6) is 0 Å². The van der Waals surface area contributed by atoms with Gasteiger partial charge < -0.3 is 9.16 Å². The van der Waals surface area contributed by atoms with Crippen molar-refractivity contribution in [2.24, 2.45) is 5.41 Å². The third kappa shape index (κ3) is 5.95. The first kappa shape index (κ1) is 25.7. The molecule has 2 nitrogen and oxygen atoms in total. The van der Waals surface area contributed by atoms with Gasteiger partial charge >= 0.3 is 0 Å². The van der Waals surface area contributed by atoms with Gasteiger partial charge in [-0.25, -0.2) is 0 Å². The minimum atomic E-state index is -1.83. The van der Waals surface area contributed by atoms with E-state index in [0.717, 1.165) is 32.3 Å². The summed E-state index contributed by atoms with van der Waals surface area (Å²) in [5.41, 5.74) is 1.88. The van der Waals surface area contributed by atoms with Gasteiger partial charge in [-0.1, -0.05) is 106 Å². The van der Waals surface area contributed by atoms with Crippen molar-refractivity contribution in [3.63, 3.8) is 0 Å². The summed E-state index contributed by atoms with van der Waals surface area (Å²) in [6.07, 6.45) is 10.6. The van der Waals surface area contributed by atoms with Crippen molar-refractivity contribution in [1.82, 2.24) is 0 Å². The molecule has 0 bridgehead atoms. The Hall–Kier alpha value is -1.94. The third-order valence-corrected chi connectivity index (χ3v) is 12.4. The minimum Gasteiger partial charge on any atom is -0.417 e. The molecule has 3 heteroatoms. The van der Waals surface area contributed by atoms with E-state index in [1.807, 2.05) is 12.1 Å². The van der Waals surface area contributed by atoms with Crippen LogP contribution >= 0.6 is 0 Å². The van der Waals surface area contributed by atoms with E-state index in [4.69, 9.17) is 9.16 Å². The van der Waals surface area contributed by atoms with E-state index in [1.54, 1.807) is 0 Å². The fourth-order valence-electron chi connectivity index (χ4n) is 4.65. The molecule has 2 aromatic carbocycles. The molecule has 0 heterocycles. The molecule has 0 saturated carbocycles. The maximum absolute atomic E-state index is 6.79. The van der Waals surface area contributed by atoms with Gasteiger partial charge in [-0.3, -0.25) is 0 Å². The number of hydrogen-bond donors (Lipinski definition) is 0. The lowest BCUT2D eigenvalue weighted by Crippen LogP contribution is -2.52. The lowest BCUT2D eigenvalue weighted by Gasteiger charge is -2.50. The van der Waals surface area contributed by atoms with Gasteiger partial charge in [0.25, 0.3) is 0 Å². The van der Waals surface area contributed by atoms with Crippen LogP contribution in [0.1, 0.15) is 51.2 Å². The monoisotopic (exact) mass is 462 g/mol. The van der Waals surface area contributed by atoms with E-state index in [0.29, 0.717) is 6.61 Å². The van der Waals surface area contributed by atoms with Gasteiger partial charge in [0.15, 0.2) is 8.32 Å². The molecule has 3 rings (SSSR count). The molecule has 2 atom stereocenters. The van der Waals surface area contributed by atoms with Crippen LogP contribution in [-0.4, -0.2) is 20.5 Å². The normalized spacial score (nSPS) is 23.4. The summed E-state index contributed by atoms with van der Waals surface area (Å²) in [7, 11) is -1.83. The molecule has 0 spiro atoms. The van der Waals surface area contributed by atoms with Gasteiger partial charge in [0.2, 0.25) is 0 Å². The summed E-state index contributed by atoms with van der Waals surface area (Å²) in [5.74, 6) is 0. The third-order valence-electron chi connectivity index (χ3n) is 7.84. The number of hydrogen-bond acceptors (Lipinski definition) is 2. The van der Waals surface area contributed by atoms with Crippen molar-refractivity contribution in [2.45, 2.75) is 76.8 Å². The van der Waals surface area contributed by atoms with E-state index in [2.05, 4.69) is 107 Å². The van der Waals surface area contributed by atoms with Crippen molar-refractivity contribution in [3.05, 3.63) is 96.6 Å². The molecular formula is C30H42O2Si. The van der Waals surface area contributed by atoms with Crippen LogP contribution in [0, 0.1) is 5.41 Å². The van der Waals surface area contributed by atoms with Gasteiger partial charge in [-0.15, -0.1) is 0 Å². The van der Waals surface area contributed by atoms with E-state index in [1.165, 1.54) is 11.1 Å². The van der Waals surface area contributed by atoms with E-state index in [-0.39, 0.29) is 10.5 Å². The average Bonchev–Trinajstić information content (AvgIpc) is 2.79. The summed E-state index contributed by atoms with van der Waals surface area (Å²) in [5, 5.41) is 0.200. The minimum absolute atomic E-state index is 0.109. The number of rotatable bonds is 10. The summed E-state index contributed by atoms with van der Waals surface area (Å²) in [4.78, 5) is 0. The molecule has 0 aliphatic heterocycles. The Labute approximate surface area is 202 Å². The second kappa shape index (κ2) is 10.5. The maximum atomic E-state index is 6.79. The lowest BCUT2D eigenvalue weighted by molar-refractivity contribution is -0.0948. The Kier molecular flexibility index (Phi) is 8.20. The average molecular weight is 463 g/mol. The molecule has 0 aromatic heterocycles. The van der Waals surface area contributed by atoms with E-state index >= 15 is 0 Å². The van der Waals surface area contributed by atoms with Crippen molar-refractivity contribution in [2.75, 3.05) is 6.61 Å².